The monoisotopic (exact) mass is 282 g/mol. The highest BCUT2D eigenvalue weighted by Crippen LogP contribution is 2.16. The molecule has 0 saturated heterocycles. The first-order valence-corrected chi connectivity index (χ1v) is 6.83. The molecular weight excluding hydrogens is 264 g/mol. The van der Waals surface area contributed by atoms with E-state index in [9.17, 15) is 0 Å². The van der Waals surface area contributed by atoms with Gasteiger partial charge in [0.15, 0.2) is 0 Å². The van der Waals surface area contributed by atoms with Crippen LogP contribution in [0.4, 0.5) is 0 Å². The van der Waals surface area contributed by atoms with Crippen LogP contribution in [0.15, 0.2) is 48.5 Å². The highest BCUT2D eigenvalue weighted by atomic mass is 16.5. The molecule has 0 heterocycles. The molecule has 0 spiro atoms. The number of hydrogen-bond acceptors (Lipinski definition) is 3. The fraction of sp³-hybridized carbons (Fsp3) is 0.222. The Morgan fingerprint density at radius 3 is 2.43 bits per heavy atom. The highest BCUT2D eigenvalue weighted by Gasteiger charge is 2.01. The van der Waals surface area contributed by atoms with Gasteiger partial charge in [-0.2, -0.15) is 0 Å². The van der Waals surface area contributed by atoms with Crippen LogP contribution in [0.1, 0.15) is 16.7 Å². The van der Waals surface area contributed by atoms with E-state index >= 15 is 0 Å². The minimum absolute atomic E-state index is 0.150. The van der Waals surface area contributed by atoms with E-state index in [2.05, 4.69) is 11.8 Å². The first-order valence-electron chi connectivity index (χ1n) is 6.83. The third-order valence-corrected chi connectivity index (χ3v) is 3.04. The van der Waals surface area contributed by atoms with E-state index in [-0.39, 0.29) is 13.2 Å². The molecule has 0 aliphatic rings. The van der Waals surface area contributed by atoms with Crippen molar-refractivity contribution in [2.24, 2.45) is 0 Å². The van der Waals surface area contributed by atoms with Gasteiger partial charge in [0, 0.05) is 17.7 Å². The minimum Gasteiger partial charge on any atom is -0.489 e. The van der Waals surface area contributed by atoms with Crippen LogP contribution in [0, 0.1) is 11.8 Å². The zero-order valence-electron chi connectivity index (χ0n) is 11.7. The molecule has 0 aliphatic heterocycles. The molecule has 3 heteroatoms. The van der Waals surface area contributed by atoms with Crippen molar-refractivity contribution >= 4 is 0 Å². The fourth-order valence-corrected chi connectivity index (χ4v) is 1.95. The van der Waals surface area contributed by atoms with Gasteiger partial charge in [-0.3, -0.25) is 0 Å². The first-order chi connectivity index (χ1) is 10.3. The largest absolute Gasteiger partial charge is 0.489 e. The summed E-state index contributed by atoms with van der Waals surface area (Å²) in [6.07, 6.45) is 0.653. The summed E-state index contributed by atoms with van der Waals surface area (Å²) in [5.41, 5.74) is 2.93. The van der Waals surface area contributed by atoms with Crippen LogP contribution in [-0.4, -0.2) is 23.4 Å². The van der Waals surface area contributed by atoms with Crippen molar-refractivity contribution in [1.82, 2.24) is 0 Å². The van der Waals surface area contributed by atoms with Crippen molar-refractivity contribution < 1.29 is 14.9 Å². The summed E-state index contributed by atoms with van der Waals surface area (Å²) in [6, 6.07) is 15.4. The average molecular weight is 282 g/mol. The lowest BCUT2D eigenvalue weighted by Gasteiger charge is -2.08. The molecule has 0 amide bonds. The predicted octanol–water partition coefficient (Wildman–Crippen LogP) is 2.14. The topological polar surface area (TPSA) is 49.7 Å². The summed E-state index contributed by atoms with van der Waals surface area (Å²) < 4.78 is 5.75. The summed E-state index contributed by atoms with van der Waals surface area (Å²) in [5, 5.41) is 17.7. The Labute approximate surface area is 124 Å². The summed E-state index contributed by atoms with van der Waals surface area (Å²) in [4.78, 5) is 0. The molecule has 2 N–H and O–H groups in total. The van der Waals surface area contributed by atoms with E-state index < -0.39 is 0 Å². The van der Waals surface area contributed by atoms with Gasteiger partial charge in [0.2, 0.25) is 0 Å². The molecule has 2 aromatic rings. The first kappa shape index (κ1) is 15.1. The number of benzene rings is 2. The molecule has 2 rings (SSSR count). The maximum absolute atomic E-state index is 8.88. The Hall–Kier alpha value is -2.28. The van der Waals surface area contributed by atoms with Gasteiger partial charge >= 0.3 is 0 Å². The predicted molar refractivity (Wildman–Crippen MR) is 82.0 cm³/mol. The van der Waals surface area contributed by atoms with E-state index in [0.29, 0.717) is 13.0 Å². The molecule has 0 radical (unpaired) electrons. The van der Waals surface area contributed by atoms with Gasteiger partial charge in [-0.15, -0.1) is 0 Å². The van der Waals surface area contributed by atoms with Gasteiger partial charge in [-0.25, -0.2) is 0 Å². The molecule has 0 aromatic heterocycles. The van der Waals surface area contributed by atoms with Crippen LogP contribution in [0.25, 0.3) is 0 Å². The van der Waals surface area contributed by atoms with E-state index in [1.165, 1.54) is 0 Å². The van der Waals surface area contributed by atoms with E-state index in [4.69, 9.17) is 14.9 Å². The van der Waals surface area contributed by atoms with Gasteiger partial charge < -0.3 is 14.9 Å². The molecule has 0 bridgehead atoms. The lowest BCUT2D eigenvalue weighted by molar-refractivity contribution is 0.298. The molecule has 0 unspecified atom stereocenters. The van der Waals surface area contributed by atoms with Gasteiger partial charge in [-0.05, 0) is 30.2 Å². The van der Waals surface area contributed by atoms with Crippen molar-refractivity contribution in [2.45, 2.75) is 13.0 Å². The second kappa shape index (κ2) is 8.11. The third-order valence-electron chi connectivity index (χ3n) is 3.04. The van der Waals surface area contributed by atoms with Gasteiger partial charge in [0.1, 0.15) is 19.0 Å². The molecule has 0 saturated carbocycles. The minimum atomic E-state index is -0.151. The molecule has 0 fully saturated rings. The molecule has 0 aliphatic carbocycles. The molecular formula is C18H18O3. The molecule has 3 nitrogen and oxygen atoms in total. The van der Waals surface area contributed by atoms with Crippen molar-refractivity contribution in [3.05, 3.63) is 65.2 Å². The molecule has 108 valence electrons. The maximum atomic E-state index is 8.88. The zero-order valence-corrected chi connectivity index (χ0v) is 11.7. The summed E-state index contributed by atoms with van der Waals surface area (Å²) in [5.74, 6) is 6.35. The lowest BCUT2D eigenvalue weighted by atomic mass is 10.1. The fourth-order valence-electron chi connectivity index (χ4n) is 1.95. The van der Waals surface area contributed by atoms with E-state index in [0.717, 1.165) is 22.4 Å². The van der Waals surface area contributed by atoms with Crippen molar-refractivity contribution in [3.8, 4) is 17.6 Å². The smallest absolute Gasteiger partial charge is 0.119 e. The van der Waals surface area contributed by atoms with Gasteiger partial charge in [0.05, 0.1) is 0 Å². The highest BCUT2D eigenvalue weighted by molar-refractivity contribution is 5.41. The van der Waals surface area contributed by atoms with Crippen LogP contribution in [0.3, 0.4) is 0 Å². The average Bonchev–Trinajstić information content (AvgIpc) is 2.53. The second-order valence-corrected chi connectivity index (χ2v) is 4.52. The Balaban J connectivity index is 2.02. The molecule has 21 heavy (non-hydrogen) atoms. The van der Waals surface area contributed by atoms with Crippen LogP contribution in [-0.2, 0) is 13.0 Å². The zero-order chi connectivity index (χ0) is 14.9. The quantitative estimate of drug-likeness (QED) is 0.826. The van der Waals surface area contributed by atoms with Crippen LogP contribution >= 0.6 is 0 Å². The van der Waals surface area contributed by atoms with Crippen molar-refractivity contribution in [2.75, 3.05) is 13.2 Å². The maximum Gasteiger partial charge on any atom is 0.119 e. The molecule has 0 atom stereocenters. The second-order valence-electron chi connectivity index (χ2n) is 4.52. The Bertz CT molecular complexity index is 621. The number of hydrogen-bond donors (Lipinski definition) is 2. The Morgan fingerprint density at radius 2 is 1.71 bits per heavy atom. The van der Waals surface area contributed by atoms with Gasteiger partial charge in [-0.1, -0.05) is 42.2 Å². The van der Waals surface area contributed by atoms with E-state index in [1.54, 1.807) is 0 Å². The number of aliphatic hydroxyl groups is 2. The summed E-state index contributed by atoms with van der Waals surface area (Å²) in [6.45, 7) is 0.425. The van der Waals surface area contributed by atoms with Crippen LogP contribution in [0.2, 0.25) is 0 Å². The molecule has 2 aromatic carbocycles. The van der Waals surface area contributed by atoms with Crippen molar-refractivity contribution in [3.63, 3.8) is 0 Å². The van der Waals surface area contributed by atoms with Crippen molar-refractivity contribution in [1.29, 1.82) is 0 Å². The van der Waals surface area contributed by atoms with E-state index in [1.807, 2.05) is 48.5 Å². The Morgan fingerprint density at radius 1 is 0.952 bits per heavy atom. The summed E-state index contributed by atoms with van der Waals surface area (Å²) in [7, 11) is 0. The standard InChI is InChI=1S/C18H18O3/c19-12-3-6-16-4-1-2-5-17(16)14-21-18-9-7-15(8-10-18)11-13-20/h1-2,4-5,7-10,19-20H,11-14H2. The Kier molecular flexibility index (Phi) is 5.83. The number of rotatable bonds is 5. The van der Waals surface area contributed by atoms with Gasteiger partial charge in [0.25, 0.3) is 0 Å². The number of ether oxygens (including phenoxy) is 1. The SMILES string of the molecule is OCC#Cc1ccccc1COc1ccc(CCO)cc1. The third kappa shape index (κ3) is 4.64. The lowest BCUT2D eigenvalue weighted by Crippen LogP contribution is -1.98. The number of aliphatic hydroxyl groups excluding tert-OH is 2. The van der Waals surface area contributed by atoms with Crippen LogP contribution < -0.4 is 4.74 Å². The van der Waals surface area contributed by atoms with Crippen LogP contribution in [0.5, 0.6) is 5.75 Å². The normalized spacial score (nSPS) is 9.81. The summed E-state index contributed by atoms with van der Waals surface area (Å²) >= 11 is 0.